The van der Waals surface area contributed by atoms with Gasteiger partial charge in [-0.1, -0.05) is 66.2 Å². The summed E-state index contributed by atoms with van der Waals surface area (Å²) in [6, 6.07) is 22.3. The lowest BCUT2D eigenvalue weighted by Gasteiger charge is -2.57. The van der Waals surface area contributed by atoms with Gasteiger partial charge in [-0.15, -0.1) is 0 Å². The summed E-state index contributed by atoms with van der Waals surface area (Å²) < 4.78 is 1.85. The standard InChI is InChI=1S/C30H28ClN3O3/c31-26-11-10-24(29(37)33-23-15-30(16-23)13-20(14-30)12-27(35)36)28-25(26)17-32-34(28)18-19-6-8-22(9-7-19)21-4-2-1-3-5-21/h1-11,17,20,23H,12-16,18H2,(H,33,37)(H,35,36). The number of nitrogens with one attached hydrogen (secondary N) is 1. The molecule has 0 unspecified atom stereocenters. The molecule has 1 amide bonds. The van der Waals surface area contributed by atoms with Gasteiger partial charge in [0.15, 0.2) is 0 Å². The minimum atomic E-state index is -0.723. The van der Waals surface area contributed by atoms with Gasteiger partial charge in [0.1, 0.15) is 0 Å². The summed E-state index contributed by atoms with van der Waals surface area (Å²) in [6.45, 7) is 0.525. The molecule has 1 spiro atoms. The molecule has 6 nitrogen and oxygen atoms in total. The van der Waals surface area contributed by atoms with Crippen molar-refractivity contribution in [3.8, 4) is 11.1 Å². The molecule has 2 fully saturated rings. The molecule has 0 radical (unpaired) electrons. The third-order valence-electron chi connectivity index (χ3n) is 7.99. The number of halogens is 1. The minimum Gasteiger partial charge on any atom is -0.481 e. The number of amides is 1. The van der Waals surface area contributed by atoms with Crippen LogP contribution in [0.5, 0.6) is 0 Å². The van der Waals surface area contributed by atoms with E-state index < -0.39 is 5.97 Å². The number of nitrogens with zero attached hydrogens (tertiary/aromatic N) is 2. The van der Waals surface area contributed by atoms with Crippen molar-refractivity contribution < 1.29 is 14.7 Å². The highest BCUT2D eigenvalue weighted by molar-refractivity contribution is 6.36. The van der Waals surface area contributed by atoms with Crippen LogP contribution < -0.4 is 5.32 Å². The maximum atomic E-state index is 13.3. The van der Waals surface area contributed by atoms with Crippen LogP contribution in [0.25, 0.3) is 22.0 Å². The third kappa shape index (κ3) is 4.62. The predicted molar refractivity (Wildman–Crippen MR) is 144 cm³/mol. The van der Waals surface area contributed by atoms with Crippen LogP contribution in [0.3, 0.4) is 0 Å². The van der Waals surface area contributed by atoms with Gasteiger partial charge in [-0.3, -0.25) is 14.3 Å². The smallest absolute Gasteiger partial charge is 0.303 e. The van der Waals surface area contributed by atoms with Crippen LogP contribution in [-0.2, 0) is 11.3 Å². The van der Waals surface area contributed by atoms with E-state index in [4.69, 9.17) is 16.7 Å². The van der Waals surface area contributed by atoms with Gasteiger partial charge in [0.05, 0.1) is 28.8 Å². The summed E-state index contributed by atoms with van der Waals surface area (Å²) in [6.07, 6.45) is 5.71. The lowest BCUT2D eigenvalue weighted by molar-refractivity contribution is -0.142. The quantitative estimate of drug-likeness (QED) is 0.309. The maximum Gasteiger partial charge on any atom is 0.303 e. The van der Waals surface area contributed by atoms with Crippen molar-refractivity contribution in [1.82, 2.24) is 15.1 Å². The number of fused-ring (bicyclic) bond motifs is 1. The van der Waals surface area contributed by atoms with Crippen LogP contribution in [0.15, 0.2) is 72.9 Å². The Balaban J connectivity index is 1.17. The molecular weight excluding hydrogens is 486 g/mol. The van der Waals surface area contributed by atoms with E-state index in [1.54, 1.807) is 18.3 Å². The Morgan fingerprint density at radius 1 is 0.973 bits per heavy atom. The van der Waals surface area contributed by atoms with E-state index in [0.717, 1.165) is 47.7 Å². The molecule has 0 bridgehead atoms. The van der Waals surface area contributed by atoms with Gasteiger partial charge in [-0.05, 0) is 65.8 Å². The van der Waals surface area contributed by atoms with Gasteiger partial charge >= 0.3 is 5.97 Å². The number of carbonyl (C=O) groups is 2. The first-order valence-corrected chi connectivity index (χ1v) is 13.1. The Morgan fingerprint density at radius 3 is 2.38 bits per heavy atom. The molecule has 2 saturated carbocycles. The van der Waals surface area contributed by atoms with E-state index in [1.165, 1.54) is 5.56 Å². The molecule has 0 aliphatic heterocycles. The number of benzene rings is 3. The van der Waals surface area contributed by atoms with Crippen molar-refractivity contribution in [2.45, 2.75) is 44.7 Å². The molecule has 3 aromatic carbocycles. The summed E-state index contributed by atoms with van der Waals surface area (Å²) in [4.78, 5) is 24.3. The molecule has 188 valence electrons. The largest absolute Gasteiger partial charge is 0.481 e. The Morgan fingerprint density at radius 2 is 1.68 bits per heavy atom. The summed E-state index contributed by atoms with van der Waals surface area (Å²) in [5, 5.41) is 18.1. The second-order valence-electron chi connectivity index (χ2n) is 10.7. The summed E-state index contributed by atoms with van der Waals surface area (Å²) in [5.41, 5.74) is 4.92. The average molecular weight is 514 g/mol. The van der Waals surface area contributed by atoms with Gasteiger partial charge in [0, 0.05) is 17.8 Å². The van der Waals surface area contributed by atoms with Crippen LogP contribution in [0.2, 0.25) is 5.02 Å². The Labute approximate surface area is 220 Å². The van der Waals surface area contributed by atoms with Crippen molar-refractivity contribution in [3.05, 3.63) is 89.1 Å². The van der Waals surface area contributed by atoms with E-state index in [-0.39, 0.29) is 29.7 Å². The fourth-order valence-corrected chi connectivity index (χ4v) is 6.52. The molecule has 2 aliphatic rings. The minimum absolute atomic E-state index is 0.117. The summed E-state index contributed by atoms with van der Waals surface area (Å²) in [7, 11) is 0. The Kier molecular flexibility index (Phi) is 6.00. The molecular formula is C30H28ClN3O3. The predicted octanol–water partition coefficient (Wildman–Crippen LogP) is 6.17. The first-order valence-electron chi connectivity index (χ1n) is 12.7. The van der Waals surface area contributed by atoms with Gasteiger partial charge in [0.2, 0.25) is 0 Å². The van der Waals surface area contributed by atoms with Gasteiger partial charge in [0.25, 0.3) is 5.91 Å². The van der Waals surface area contributed by atoms with Gasteiger partial charge < -0.3 is 10.4 Å². The highest BCUT2D eigenvalue weighted by atomic mass is 35.5. The number of aromatic nitrogens is 2. The van der Waals surface area contributed by atoms with Crippen LogP contribution in [0.1, 0.15) is 48.0 Å². The van der Waals surface area contributed by atoms with Crippen molar-refractivity contribution >= 4 is 34.4 Å². The molecule has 1 heterocycles. The fraction of sp³-hybridized carbons (Fsp3) is 0.300. The lowest BCUT2D eigenvalue weighted by Crippen LogP contribution is -2.56. The summed E-state index contributed by atoms with van der Waals surface area (Å²) >= 11 is 6.47. The number of carboxylic acid groups (broad SMARTS) is 1. The number of carboxylic acids is 1. The molecule has 7 heteroatoms. The fourth-order valence-electron chi connectivity index (χ4n) is 6.32. The maximum absolute atomic E-state index is 13.3. The monoisotopic (exact) mass is 513 g/mol. The zero-order valence-corrected chi connectivity index (χ0v) is 21.1. The molecule has 2 N–H and O–H groups in total. The van der Waals surface area contributed by atoms with Gasteiger partial charge in [-0.2, -0.15) is 5.10 Å². The molecule has 4 aromatic rings. The molecule has 6 rings (SSSR count). The van der Waals surface area contributed by atoms with E-state index >= 15 is 0 Å². The average Bonchev–Trinajstić information content (AvgIpc) is 3.27. The number of carbonyl (C=O) groups excluding carboxylic acids is 1. The number of hydrogen-bond donors (Lipinski definition) is 2. The highest BCUT2D eigenvalue weighted by Gasteiger charge is 2.53. The van der Waals surface area contributed by atoms with Crippen LogP contribution in [0.4, 0.5) is 0 Å². The first kappa shape index (κ1) is 23.7. The molecule has 0 saturated heterocycles. The van der Waals surface area contributed by atoms with E-state index in [2.05, 4.69) is 46.8 Å². The number of hydrogen-bond acceptors (Lipinski definition) is 3. The molecule has 2 aliphatic carbocycles. The van der Waals surface area contributed by atoms with Crippen LogP contribution in [-0.4, -0.2) is 32.8 Å². The topological polar surface area (TPSA) is 84.2 Å². The lowest BCUT2D eigenvalue weighted by atomic mass is 9.49. The molecule has 37 heavy (non-hydrogen) atoms. The van der Waals surface area contributed by atoms with Crippen molar-refractivity contribution in [3.63, 3.8) is 0 Å². The second-order valence-corrected chi connectivity index (χ2v) is 11.1. The second kappa shape index (κ2) is 9.34. The number of rotatable bonds is 7. The van der Waals surface area contributed by atoms with E-state index in [0.29, 0.717) is 17.1 Å². The van der Waals surface area contributed by atoms with Gasteiger partial charge in [-0.25, -0.2) is 0 Å². The zero-order chi connectivity index (χ0) is 25.6. The molecule has 0 atom stereocenters. The Bertz CT molecular complexity index is 1470. The van der Waals surface area contributed by atoms with E-state index in [9.17, 15) is 9.59 Å². The summed E-state index contributed by atoms with van der Waals surface area (Å²) in [5.74, 6) is -0.565. The van der Waals surface area contributed by atoms with Crippen molar-refractivity contribution in [2.24, 2.45) is 11.3 Å². The van der Waals surface area contributed by atoms with Crippen LogP contribution >= 0.6 is 11.6 Å². The zero-order valence-electron chi connectivity index (χ0n) is 20.4. The van der Waals surface area contributed by atoms with Crippen molar-refractivity contribution in [2.75, 3.05) is 0 Å². The highest BCUT2D eigenvalue weighted by Crippen LogP contribution is 2.59. The number of aliphatic carboxylic acids is 1. The van der Waals surface area contributed by atoms with E-state index in [1.807, 2.05) is 22.9 Å². The normalized spacial score (nSPS) is 22.4. The third-order valence-corrected chi connectivity index (χ3v) is 8.32. The SMILES string of the molecule is O=C(O)CC1CC2(C1)CC(NC(=O)c1ccc(Cl)c3cnn(Cc4ccc(-c5ccccc5)cc4)c13)C2. The van der Waals surface area contributed by atoms with Crippen molar-refractivity contribution in [1.29, 1.82) is 0 Å². The first-order chi connectivity index (χ1) is 17.9. The molecule has 1 aromatic heterocycles. The van der Waals surface area contributed by atoms with Crippen LogP contribution in [0, 0.1) is 11.3 Å². The Hall–Kier alpha value is -3.64.